The van der Waals surface area contributed by atoms with Crippen LogP contribution in [0.25, 0.3) is 0 Å². The Bertz CT molecular complexity index is 1100. The van der Waals surface area contributed by atoms with Crippen LogP contribution in [0.2, 0.25) is 14.8 Å². The normalized spacial score (nSPS) is 13.0. The molecular weight excluding hydrogens is 641 g/mol. The van der Waals surface area contributed by atoms with E-state index < -0.39 is 65.6 Å². The number of nitrogens with one attached hydrogen (secondary N) is 1. The van der Waals surface area contributed by atoms with Crippen molar-refractivity contribution in [3.8, 4) is 11.5 Å². The van der Waals surface area contributed by atoms with Crippen LogP contribution in [0.1, 0.15) is 74.8 Å². The van der Waals surface area contributed by atoms with Crippen molar-refractivity contribution in [3.63, 3.8) is 0 Å². The van der Waals surface area contributed by atoms with Crippen molar-refractivity contribution in [1.82, 2.24) is 5.32 Å². The monoisotopic (exact) mass is 689 g/mol. The van der Waals surface area contributed by atoms with Gasteiger partial charge in [-0.25, -0.2) is 0 Å². The predicted octanol–water partition coefficient (Wildman–Crippen LogP) is 5.86. The van der Waals surface area contributed by atoms with Gasteiger partial charge in [-0.3, -0.25) is 0 Å². The molecule has 0 aromatic heterocycles. The zero-order chi connectivity index (χ0) is 32.0. The van der Waals surface area contributed by atoms with Gasteiger partial charge in [-0.2, -0.15) is 0 Å². The first-order valence-corrected chi connectivity index (χ1v) is 23.5. The quantitative estimate of drug-likeness (QED) is 0.153. The molecule has 0 heterocycles. The first-order valence-electron chi connectivity index (χ1n) is 13.6. The Labute approximate surface area is 247 Å². The molecule has 11 nitrogen and oxygen atoms in total. The van der Waals surface area contributed by atoms with E-state index in [2.05, 4.69) is 20.1 Å². The summed E-state index contributed by atoms with van der Waals surface area (Å²) in [6, 6.07) is 2.04. The molecule has 1 rings (SSSR count). The number of alkyl carbamates (subject to hydrolysis) is 1. The summed E-state index contributed by atoms with van der Waals surface area (Å²) in [5.74, 6) is -0.806. The number of hydrogen-bond acceptors (Lipinski definition) is 10. The summed E-state index contributed by atoms with van der Waals surface area (Å²) in [7, 11) is 0. The third kappa shape index (κ3) is 14.2. The Morgan fingerprint density at radius 3 is 1.59 bits per heavy atom. The number of benzene rings is 1. The molecule has 0 aliphatic heterocycles. The molecule has 41 heavy (non-hydrogen) atoms. The van der Waals surface area contributed by atoms with Gasteiger partial charge in [0, 0.05) is 0 Å². The van der Waals surface area contributed by atoms with Crippen molar-refractivity contribution in [1.29, 1.82) is 0 Å². The Hall–Kier alpha value is -2.70. The Morgan fingerprint density at radius 2 is 1.20 bits per heavy atom. The van der Waals surface area contributed by atoms with Gasteiger partial charge in [0.15, 0.2) is 0 Å². The number of carbonyl (C=O) groups is 4. The molecule has 1 unspecified atom stereocenters. The van der Waals surface area contributed by atoms with Crippen molar-refractivity contribution < 1.29 is 47.6 Å². The molecule has 0 aliphatic rings. The number of ether oxygens (including phenoxy) is 6. The third-order valence-corrected chi connectivity index (χ3v) is 10.8. The molecule has 232 valence electrons. The number of hydrogen-bond donors (Lipinski definition) is 1. The summed E-state index contributed by atoms with van der Waals surface area (Å²) >= 11 is -3.06. The molecule has 1 aromatic rings. The molecule has 1 N–H and O–H groups in total. The fourth-order valence-electron chi connectivity index (χ4n) is 3.46. The second-order valence-electron chi connectivity index (χ2n) is 13.5. The van der Waals surface area contributed by atoms with Crippen LogP contribution in [-0.4, -0.2) is 72.2 Å². The van der Waals surface area contributed by atoms with Crippen LogP contribution < -0.4 is 18.4 Å². The van der Waals surface area contributed by atoms with Gasteiger partial charge < -0.3 is 0 Å². The van der Waals surface area contributed by atoms with Crippen molar-refractivity contribution in [3.05, 3.63) is 17.7 Å². The van der Waals surface area contributed by atoms with E-state index in [1.165, 1.54) is 6.07 Å². The maximum atomic E-state index is 12.9. The van der Waals surface area contributed by atoms with Crippen LogP contribution in [0.4, 0.5) is 14.4 Å². The van der Waals surface area contributed by atoms with Crippen molar-refractivity contribution >= 4 is 46.3 Å². The molecule has 0 spiro atoms. The van der Waals surface area contributed by atoms with Crippen LogP contribution in [0.5, 0.6) is 11.5 Å². The second kappa shape index (κ2) is 14.0. The Balaban J connectivity index is 3.68. The van der Waals surface area contributed by atoms with Gasteiger partial charge in [0.25, 0.3) is 0 Å². The molecule has 1 aromatic carbocycles. The van der Waals surface area contributed by atoms with Gasteiger partial charge in [-0.05, 0) is 0 Å². The summed E-state index contributed by atoms with van der Waals surface area (Å²) < 4.78 is 33.1. The minimum absolute atomic E-state index is 0.000997. The fourth-order valence-corrected chi connectivity index (χ4v) is 8.31. The van der Waals surface area contributed by atoms with E-state index in [0.717, 1.165) is 3.58 Å². The summed E-state index contributed by atoms with van der Waals surface area (Å²) in [6.45, 7) is 17.0. The Kier molecular flexibility index (Phi) is 12.4. The van der Waals surface area contributed by atoms with E-state index in [9.17, 15) is 19.2 Å². The van der Waals surface area contributed by atoms with Gasteiger partial charge in [-0.15, -0.1) is 0 Å². The molecule has 0 aliphatic carbocycles. The topological polar surface area (TPSA) is 136 Å². The van der Waals surface area contributed by atoms with Crippen molar-refractivity contribution in [2.24, 2.45) is 0 Å². The molecule has 0 bridgehead atoms. The summed E-state index contributed by atoms with van der Waals surface area (Å²) in [5.41, 5.74) is -1.85. The molecule has 0 saturated heterocycles. The number of carbonyl (C=O) groups excluding carboxylic acids is 4. The van der Waals surface area contributed by atoms with Crippen LogP contribution in [0, 0.1) is 0 Å². The van der Waals surface area contributed by atoms with Crippen molar-refractivity contribution in [2.75, 3.05) is 6.61 Å². The fraction of sp³-hybridized carbons (Fsp3) is 0.655. The summed E-state index contributed by atoms with van der Waals surface area (Å²) in [6.07, 6.45) is -2.78. The number of rotatable bonds is 8. The molecule has 0 fully saturated rings. The average Bonchev–Trinajstić information content (AvgIpc) is 2.70. The summed E-state index contributed by atoms with van der Waals surface area (Å²) in [5, 5.41) is 2.60. The van der Waals surface area contributed by atoms with Crippen LogP contribution in [-0.2, 0) is 30.2 Å². The Morgan fingerprint density at radius 1 is 0.756 bits per heavy atom. The predicted molar refractivity (Wildman–Crippen MR) is 157 cm³/mol. The van der Waals surface area contributed by atoms with E-state index in [-0.39, 0.29) is 24.5 Å². The van der Waals surface area contributed by atoms with E-state index >= 15 is 0 Å². The third-order valence-electron chi connectivity index (χ3n) is 4.83. The molecule has 0 radical (unpaired) electrons. The SMILES string of the molecule is CCOC(=O)C(Cc1cc(OC(=O)OC(C)(C)C)c(OC(=O)OC(C)(C)C)c[c]1[Sn]([CH3])([CH3])[CH3])NC(=O)OC(C)(C)C. The van der Waals surface area contributed by atoms with Gasteiger partial charge in [0.05, 0.1) is 0 Å². The molecule has 0 saturated carbocycles. The number of amides is 1. The average molecular weight is 688 g/mol. The first kappa shape index (κ1) is 36.3. The van der Waals surface area contributed by atoms with Crippen LogP contribution >= 0.6 is 0 Å². The standard InChI is InChI=1S/C26H38NO10.3CH3.Sn/c1-11-32-20(28)17(27-21(29)35-24(2,3)4)14-16-12-13-18(33-22(30)36-25(5,6)7)19(15-16)34-23(31)37-26(8,9)10;;;;/h13,15,17H,11,14H2,1-10H3,(H,27,29);3*1H3;. The van der Waals surface area contributed by atoms with Crippen LogP contribution in [0.15, 0.2) is 12.1 Å². The van der Waals surface area contributed by atoms with Gasteiger partial charge in [0.2, 0.25) is 0 Å². The van der Waals surface area contributed by atoms with Gasteiger partial charge in [0.1, 0.15) is 0 Å². The van der Waals surface area contributed by atoms with E-state index in [4.69, 9.17) is 28.4 Å². The zero-order valence-corrected chi connectivity index (χ0v) is 29.6. The minimum atomic E-state index is -3.06. The first-order chi connectivity index (χ1) is 18.4. The maximum absolute atomic E-state index is 12.9. The van der Waals surface area contributed by atoms with Gasteiger partial charge in [-0.1, -0.05) is 0 Å². The molecular formula is C29H47NO10Sn. The second-order valence-corrected chi connectivity index (χ2v) is 27.9. The molecule has 1 amide bonds. The van der Waals surface area contributed by atoms with E-state index in [0.29, 0.717) is 5.56 Å². The van der Waals surface area contributed by atoms with Gasteiger partial charge >= 0.3 is 248 Å². The summed E-state index contributed by atoms with van der Waals surface area (Å²) in [4.78, 5) is 57.1. The molecule has 1 atom stereocenters. The van der Waals surface area contributed by atoms with Crippen LogP contribution in [0.3, 0.4) is 0 Å². The molecule has 12 heteroatoms. The van der Waals surface area contributed by atoms with Crippen molar-refractivity contribution in [2.45, 2.75) is 113 Å². The van der Waals surface area contributed by atoms with E-state index in [1.807, 2.05) is 0 Å². The number of esters is 1. The van der Waals surface area contributed by atoms with E-state index in [1.54, 1.807) is 75.3 Å². The zero-order valence-electron chi connectivity index (χ0n) is 26.7.